The van der Waals surface area contributed by atoms with Crippen LogP contribution in [0.25, 0.3) is 20.2 Å². The van der Waals surface area contributed by atoms with E-state index >= 15 is 0 Å². The van der Waals surface area contributed by atoms with E-state index in [1.807, 2.05) is 11.3 Å². The lowest BCUT2D eigenvalue weighted by molar-refractivity contribution is 0.195. The molecule has 1 aromatic heterocycles. The molecule has 0 spiro atoms. The first-order valence-corrected chi connectivity index (χ1v) is 16.7. The zero-order valence-corrected chi connectivity index (χ0v) is 25.8. The summed E-state index contributed by atoms with van der Waals surface area (Å²) in [5, 5.41) is 2.75. The molecule has 4 heterocycles. The zero-order chi connectivity index (χ0) is 28.7. The minimum absolute atomic E-state index is 0.0571. The number of para-hydroxylation sites is 2. The summed E-state index contributed by atoms with van der Waals surface area (Å²) in [5.74, 6) is 0. The highest BCUT2D eigenvalue weighted by Crippen LogP contribution is 2.61. The van der Waals surface area contributed by atoms with Crippen LogP contribution in [-0.2, 0) is 5.41 Å². The van der Waals surface area contributed by atoms with Gasteiger partial charge in [0.25, 0.3) is 6.71 Å². The van der Waals surface area contributed by atoms with Crippen molar-refractivity contribution in [1.82, 2.24) is 0 Å². The van der Waals surface area contributed by atoms with Gasteiger partial charge in [-0.1, -0.05) is 80.4 Å². The van der Waals surface area contributed by atoms with Gasteiger partial charge in [0.15, 0.2) is 0 Å². The van der Waals surface area contributed by atoms with Crippen LogP contribution in [-0.4, -0.2) is 12.3 Å². The number of hydrogen-bond donors (Lipinski definition) is 0. The second-order valence-electron chi connectivity index (χ2n) is 13.7. The molecule has 1 fully saturated rings. The summed E-state index contributed by atoms with van der Waals surface area (Å²) in [6.45, 7) is 7.62. The van der Waals surface area contributed by atoms with Crippen LogP contribution < -0.4 is 26.2 Å². The lowest BCUT2D eigenvalue weighted by Crippen LogP contribution is -2.64. The van der Waals surface area contributed by atoms with E-state index in [4.69, 9.17) is 0 Å². The molecule has 0 bridgehead atoms. The Balaban J connectivity index is 1.37. The molecule has 208 valence electrons. The number of fused-ring (bicyclic) bond motifs is 10. The Bertz CT molecular complexity index is 2170. The summed E-state index contributed by atoms with van der Waals surface area (Å²) in [6, 6.07) is 37.2. The van der Waals surface area contributed by atoms with E-state index in [1.165, 1.54) is 96.2 Å². The standard InChI is InChI=1S/C39H33BN2S/c1-24-20-32-36-33(21-24)42-37-28(38(2)18-9-10-19-39(38,42)3)15-11-16-29(37)40(36)30-22-27-26-14-7-8-17-34(26)43-35(27)23-31(30)41(32)25-12-5-4-6-13-25/h4-8,11-17,20-23H,9-10,18-19H2,1-3H3. The number of thiophene rings is 1. The minimum atomic E-state index is 0.0571. The van der Waals surface area contributed by atoms with Crippen LogP contribution in [0.4, 0.5) is 28.4 Å². The molecule has 43 heavy (non-hydrogen) atoms. The van der Waals surface area contributed by atoms with Gasteiger partial charge in [-0.3, -0.25) is 0 Å². The molecule has 0 amide bonds. The molecule has 0 radical (unpaired) electrons. The molecule has 0 saturated heterocycles. The maximum Gasteiger partial charge on any atom is 0.252 e. The molecule has 4 heteroatoms. The Morgan fingerprint density at radius 2 is 1.49 bits per heavy atom. The average Bonchev–Trinajstić information content (AvgIpc) is 3.48. The zero-order valence-electron chi connectivity index (χ0n) is 24.9. The number of rotatable bonds is 1. The molecule has 3 aliphatic heterocycles. The molecule has 10 rings (SSSR count). The van der Waals surface area contributed by atoms with Crippen molar-refractivity contribution in [3.63, 3.8) is 0 Å². The Morgan fingerprint density at radius 3 is 2.37 bits per heavy atom. The molecule has 2 unspecified atom stereocenters. The molecule has 4 aliphatic rings. The van der Waals surface area contributed by atoms with E-state index in [1.54, 1.807) is 5.56 Å². The van der Waals surface area contributed by atoms with Gasteiger partial charge in [0.2, 0.25) is 0 Å². The van der Waals surface area contributed by atoms with Gasteiger partial charge in [-0.25, -0.2) is 0 Å². The largest absolute Gasteiger partial charge is 0.335 e. The van der Waals surface area contributed by atoms with Crippen LogP contribution in [0.2, 0.25) is 0 Å². The summed E-state index contributed by atoms with van der Waals surface area (Å²) in [7, 11) is 0. The van der Waals surface area contributed by atoms with Crippen molar-refractivity contribution in [3.05, 3.63) is 108 Å². The normalized spacial score (nSPS) is 22.9. The van der Waals surface area contributed by atoms with Crippen LogP contribution in [0.15, 0.2) is 97.1 Å². The van der Waals surface area contributed by atoms with Gasteiger partial charge in [-0.2, -0.15) is 0 Å². The van der Waals surface area contributed by atoms with E-state index in [9.17, 15) is 0 Å². The second-order valence-corrected chi connectivity index (χ2v) is 14.8. The van der Waals surface area contributed by atoms with Crippen LogP contribution in [0.3, 0.4) is 0 Å². The Morgan fingerprint density at radius 1 is 0.698 bits per heavy atom. The fraction of sp³-hybridized carbons (Fsp3) is 0.231. The first-order chi connectivity index (χ1) is 21.0. The highest BCUT2D eigenvalue weighted by molar-refractivity contribution is 7.26. The Hall–Kier alpha value is -4.02. The summed E-state index contributed by atoms with van der Waals surface area (Å²) >= 11 is 1.92. The van der Waals surface area contributed by atoms with E-state index in [0.717, 1.165) is 0 Å². The van der Waals surface area contributed by atoms with Crippen LogP contribution in [0.1, 0.15) is 50.7 Å². The van der Waals surface area contributed by atoms with Gasteiger partial charge in [-0.05, 0) is 96.0 Å². The SMILES string of the molecule is Cc1cc2c3c(c1)N1c4c(cccc4C4(C)CCCCC14C)B3c1cc3c(cc1N2c1ccccc1)sc1ccccc13. The number of hydrogen-bond acceptors (Lipinski definition) is 3. The third-order valence-corrected chi connectivity index (χ3v) is 12.7. The third-order valence-electron chi connectivity index (χ3n) is 11.6. The van der Waals surface area contributed by atoms with Crippen molar-refractivity contribution in [1.29, 1.82) is 0 Å². The molecular weight excluding hydrogens is 539 g/mol. The molecule has 2 atom stereocenters. The molecule has 1 aliphatic carbocycles. The summed E-state index contributed by atoms with van der Waals surface area (Å²) in [4.78, 5) is 5.39. The molecular formula is C39H33BN2S. The van der Waals surface area contributed by atoms with Gasteiger partial charge in [0.05, 0.1) is 5.54 Å². The molecule has 6 aromatic rings. The summed E-state index contributed by atoms with van der Waals surface area (Å²) in [5.41, 5.74) is 14.3. The highest BCUT2D eigenvalue weighted by atomic mass is 32.1. The van der Waals surface area contributed by atoms with E-state index < -0.39 is 0 Å². The van der Waals surface area contributed by atoms with Crippen LogP contribution in [0.5, 0.6) is 0 Å². The smallest absolute Gasteiger partial charge is 0.252 e. The summed E-state index contributed by atoms with van der Waals surface area (Å²) in [6.07, 6.45) is 5.09. The number of nitrogens with zero attached hydrogens (tertiary/aromatic N) is 2. The van der Waals surface area contributed by atoms with Crippen molar-refractivity contribution in [2.75, 3.05) is 9.80 Å². The van der Waals surface area contributed by atoms with Crippen molar-refractivity contribution in [2.45, 2.75) is 57.4 Å². The van der Waals surface area contributed by atoms with Crippen LogP contribution >= 0.6 is 11.3 Å². The fourth-order valence-corrected chi connectivity index (χ4v) is 10.6. The van der Waals surface area contributed by atoms with E-state index in [0.29, 0.717) is 0 Å². The molecule has 2 nitrogen and oxygen atoms in total. The minimum Gasteiger partial charge on any atom is -0.335 e. The average molecular weight is 573 g/mol. The number of benzene rings is 5. The lowest BCUT2D eigenvalue weighted by Gasteiger charge is -2.52. The van der Waals surface area contributed by atoms with E-state index in [-0.39, 0.29) is 17.7 Å². The predicted octanol–water partition coefficient (Wildman–Crippen LogP) is 8.72. The molecule has 0 N–H and O–H groups in total. The molecule has 1 saturated carbocycles. The number of anilines is 5. The van der Waals surface area contributed by atoms with Gasteiger partial charge < -0.3 is 9.80 Å². The van der Waals surface area contributed by atoms with Gasteiger partial charge in [0, 0.05) is 48.6 Å². The maximum absolute atomic E-state index is 2.83. The van der Waals surface area contributed by atoms with Crippen molar-refractivity contribution in [2.24, 2.45) is 0 Å². The predicted molar refractivity (Wildman–Crippen MR) is 186 cm³/mol. The van der Waals surface area contributed by atoms with Crippen molar-refractivity contribution in [3.8, 4) is 0 Å². The monoisotopic (exact) mass is 572 g/mol. The van der Waals surface area contributed by atoms with Gasteiger partial charge in [0.1, 0.15) is 0 Å². The topological polar surface area (TPSA) is 6.48 Å². The Labute approximate surface area is 257 Å². The van der Waals surface area contributed by atoms with E-state index in [2.05, 4.69) is 128 Å². The maximum atomic E-state index is 2.83. The lowest BCUT2D eigenvalue weighted by atomic mass is 9.33. The van der Waals surface area contributed by atoms with Crippen LogP contribution in [0, 0.1) is 6.92 Å². The second kappa shape index (κ2) is 8.12. The molecule has 5 aromatic carbocycles. The van der Waals surface area contributed by atoms with Crippen molar-refractivity contribution >= 4 is 83.0 Å². The fourth-order valence-electron chi connectivity index (χ4n) is 9.49. The third kappa shape index (κ3) is 2.87. The first-order valence-electron chi connectivity index (χ1n) is 15.9. The quantitative estimate of drug-likeness (QED) is 0.182. The van der Waals surface area contributed by atoms with Crippen molar-refractivity contribution < 1.29 is 0 Å². The Kier molecular flexibility index (Phi) is 4.61. The first kappa shape index (κ1) is 24.4. The highest BCUT2D eigenvalue weighted by Gasteiger charge is 2.61. The van der Waals surface area contributed by atoms with Gasteiger partial charge >= 0.3 is 0 Å². The van der Waals surface area contributed by atoms with Gasteiger partial charge in [-0.15, -0.1) is 11.3 Å². The summed E-state index contributed by atoms with van der Waals surface area (Å²) < 4.78 is 2.72. The number of aryl methyl sites for hydroxylation is 1.